The lowest BCUT2D eigenvalue weighted by Gasteiger charge is -2.16. The molecule has 0 bridgehead atoms. The van der Waals surface area contributed by atoms with Gasteiger partial charge < -0.3 is 30.5 Å². The van der Waals surface area contributed by atoms with Crippen LogP contribution >= 0.6 is 0 Å². The molecule has 0 radical (unpaired) electrons. The third-order valence-corrected chi connectivity index (χ3v) is 4.46. The summed E-state index contributed by atoms with van der Waals surface area (Å²) in [5.74, 6) is 0.0781. The van der Waals surface area contributed by atoms with E-state index in [2.05, 4.69) is 30.7 Å². The number of carbonyl (C=O) groups excluding carboxylic acids is 1. The second-order valence-electron chi connectivity index (χ2n) is 6.48. The summed E-state index contributed by atoms with van der Waals surface area (Å²) in [5, 5.41) is 36.7. The van der Waals surface area contributed by atoms with Gasteiger partial charge in [-0.2, -0.15) is 15.4 Å². The summed E-state index contributed by atoms with van der Waals surface area (Å²) in [4.78, 5) is 23.9. The van der Waals surface area contributed by atoms with Gasteiger partial charge in [0.1, 0.15) is 29.6 Å². The minimum Gasteiger partial charge on any atom is -0.409 e. The zero-order valence-electron chi connectivity index (χ0n) is 15.8. The van der Waals surface area contributed by atoms with Gasteiger partial charge in [0.25, 0.3) is 5.95 Å². The average molecular weight is 430 g/mol. The van der Waals surface area contributed by atoms with E-state index in [9.17, 15) is 20.1 Å². The molecule has 1 aliphatic rings. The maximum Gasteiger partial charge on any atom is 0.434 e. The highest BCUT2D eigenvalue weighted by Gasteiger charge is 2.44. The molecule has 4 atom stereocenters. The first-order valence-corrected chi connectivity index (χ1v) is 9.04. The zero-order valence-corrected chi connectivity index (χ0v) is 15.8. The van der Waals surface area contributed by atoms with Crippen LogP contribution in [0.2, 0.25) is 0 Å². The van der Waals surface area contributed by atoms with Gasteiger partial charge in [-0.05, 0) is 12.1 Å². The van der Waals surface area contributed by atoms with Crippen molar-refractivity contribution in [2.45, 2.75) is 24.5 Å². The van der Waals surface area contributed by atoms with Crippen LogP contribution in [0.15, 0.2) is 47.0 Å². The fourth-order valence-corrected chi connectivity index (χ4v) is 3.00. The molecule has 1 unspecified atom stereocenters. The standard InChI is InChI=1S/C17H18N8O6/c18-13-10-14(25(7-19-10)15-12(28)11(27)9(6-26)31-15)21-16(20-13)22-24-23-17(29)30-8-4-2-1-3-5-8/h1-5,7,9,11-12,15,26-28H,6H2,(H3,18,20,21,22,23,29)/t9-,11-,12-,15?/m1/s1. The molecule has 3 heterocycles. The minimum atomic E-state index is -1.34. The summed E-state index contributed by atoms with van der Waals surface area (Å²) < 4.78 is 11.8. The molecule has 0 spiro atoms. The number of hydrogen-bond donors (Lipinski definition) is 5. The van der Waals surface area contributed by atoms with Crippen LogP contribution in [0.25, 0.3) is 11.2 Å². The average Bonchev–Trinajstić information content (AvgIpc) is 3.30. The number of aliphatic hydroxyl groups is 3. The molecular formula is C17H18N8O6. The molecule has 0 aliphatic carbocycles. The number of nitrogens with one attached hydrogen (secondary N) is 1. The highest BCUT2D eigenvalue weighted by molar-refractivity contribution is 5.82. The van der Waals surface area contributed by atoms with Crippen LogP contribution in [0.5, 0.6) is 5.75 Å². The first-order valence-electron chi connectivity index (χ1n) is 9.04. The zero-order chi connectivity index (χ0) is 22.0. The molecule has 1 fully saturated rings. The van der Waals surface area contributed by atoms with Crippen molar-refractivity contribution < 1.29 is 29.6 Å². The topological polar surface area (TPSA) is 203 Å². The summed E-state index contributed by atoms with van der Waals surface area (Å²) in [5.41, 5.74) is 8.29. The van der Waals surface area contributed by atoms with Gasteiger partial charge in [-0.3, -0.25) is 4.57 Å². The molecule has 1 aliphatic heterocycles. The van der Waals surface area contributed by atoms with Crippen LogP contribution in [-0.2, 0) is 4.74 Å². The molecule has 1 saturated heterocycles. The number of nitrogens with zero attached hydrogens (tertiary/aromatic N) is 6. The Labute approximate surface area is 174 Å². The largest absolute Gasteiger partial charge is 0.434 e. The maximum absolute atomic E-state index is 11.7. The number of nitrogen functional groups attached to an aromatic ring is 1. The van der Waals surface area contributed by atoms with Crippen LogP contribution in [-0.4, -0.2) is 65.9 Å². The van der Waals surface area contributed by atoms with Crippen molar-refractivity contribution in [1.29, 1.82) is 0 Å². The highest BCUT2D eigenvalue weighted by Crippen LogP contribution is 2.32. The Bertz CT molecular complexity index is 1110. The quantitative estimate of drug-likeness (QED) is 0.266. The van der Waals surface area contributed by atoms with Gasteiger partial charge in [0.05, 0.1) is 12.9 Å². The van der Waals surface area contributed by atoms with E-state index in [0.29, 0.717) is 5.75 Å². The van der Waals surface area contributed by atoms with Gasteiger partial charge in [0, 0.05) is 0 Å². The van der Waals surface area contributed by atoms with Crippen molar-refractivity contribution in [3.63, 3.8) is 0 Å². The van der Waals surface area contributed by atoms with E-state index < -0.39 is 37.2 Å². The van der Waals surface area contributed by atoms with E-state index in [4.69, 9.17) is 15.2 Å². The number of rotatable bonds is 5. The highest BCUT2D eigenvalue weighted by atomic mass is 16.6. The van der Waals surface area contributed by atoms with Crippen LogP contribution in [0.4, 0.5) is 16.6 Å². The van der Waals surface area contributed by atoms with Crippen LogP contribution in [0.3, 0.4) is 0 Å². The van der Waals surface area contributed by atoms with Crippen LogP contribution < -0.4 is 15.9 Å². The number of anilines is 1. The Morgan fingerprint density at radius 1 is 1.26 bits per heavy atom. The van der Waals surface area contributed by atoms with E-state index >= 15 is 0 Å². The maximum atomic E-state index is 11.7. The van der Waals surface area contributed by atoms with Crippen molar-refractivity contribution in [2.75, 3.05) is 12.3 Å². The number of aliphatic hydroxyl groups excluding tert-OH is 3. The van der Waals surface area contributed by atoms with E-state index in [-0.39, 0.29) is 22.9 Å². The van der Waals surface area contributed by atoms with Crippen molar-refractivity contribution >= 4 is 29.0 Å². The molecule has 1 amide bonds. The Morgan fingerprint density at radius 3 is 2.74 bits per heavy atom. The number of ether oxygens (including phenoxy) is 2. The number of hydrogen-bond acceptors (Lipinski definition) is 12. The summed E-state index contributed by atoms with van der Waals surface area (Å²) >= 11 is 0. The Kier molecular flexibility index (Phi) is 5.68. The first kappa shape index (κ1) is 20.5. The summed E-state index contributed by atoms with van der Waals surface area (Å²) in [6, 6.07) is 8.35. The molecule has 2 aromatic heterocycles. The first-order chi connectivity index (χ1) is 15.0. The predicted octanol–water partition coefficient (Wildman–Crippen LogP) is -0.193. The number of nitrogens with two attached hydrogens (primary N) is 1. The van der Waals surface area contributed by atoms with Crippen molar-refractivity contribution in [3.8, 4) is 5.75 Å². The second-order valence-corrected chi connectivity index (χ2v) is 6.48. The van der Waals surface area contributed by atoms with Gasteiger partial charge in [-0.15, -0.1) is 0 Å². The van der Waals surface area contributed by atoms with E-state index in [1.807, 2.05) is 0 Å². The minimum absolute atomic E-state index is 0.0312. The van der Waals surface area contributed by atoms with Gasteiger partial charge in [-0.25, -0.2) is 9.78 Å². The van der Waals surface area contributed by atoms with Gasteiger partial charge in [0.15, 0.2) is 17.7 Å². The number of aromatic nitrogens is 4. The number of benzene rings is 1. The molecule has 162 valence electrons. The van der Waals surface area contributed by atoms with Gasteiger partial charge >= 0.3 is 6.09 Å². The van der Waals surface area contributed by atoms with Gasteiger partial charge in [-0.1, -0.05) is 28.5 Å². The van der Waals surface area contributed by atoms with Crippen molar-refractivity contribution in [3.05, 3.63) is 36.7 Å². The fourth-order valence-electron chi connectivity index (χ4n) is 3.00. The van der Waals surface area contributed by atoms with Crippen LogP contribution in [0, 0.1) is 0 Å². The monoisotopic (exact) mass is 430 g/mol. The van der Waals surface area contributed by atoms with E-state index in [1.165, 1.54) is 10.9 Å². The third-order valence-electron chi connectivity index (χ3n) is 4.46. The lowest BCUT2D eigenvalue weighted by molar-refractivity contribution is -0.0511. The molecule has 4 rings (SSSR count). The number of carbonyl (C=O) groups is 1. The molecule has 3 aromatic rings. The molecular weight excluding hydrogens is 412 g/mol. The third kappa shape index (κ3) is 4.13. The smallest absolute Gasteiger partial charge is 0.409 e. The lowest BCUT2D eigenvalue weighted by Crippen LogP contribution is -2.33. The molecule has 31 heavy (non-hydrogen) atoms. The normalized spacial score (nSPS) is 23.5. The summed E-state index contributed by atoms with van der Waals surface area (Å²) in [6.07, 6.45) is -4.27. The number of fused-ring (bicyclic) bond motifs is 1. The summed E-state index contributed by atoms with van der Waals surface area (Å²) in [6.45, 7) is -0.483. The summed E-state index contributed by atoms with van der Waals surface area (Å²) in [7, 11) is 0. The van der Waals surface area contributed by atoms with Crippen LogP contribution in [0.1, 0.15) is 6.23 Å². The van der Waals surface area contributed by atoms with E-state index in [1.54, 1.807) is 30.3 Å². The number of amides is 1. The number of para-hydroxylation sites is 1. The molecule has 0 saturated carbocycles. The Hall–Kier alpha value is -3.72. The molecule has 14 heteroatoms. The lowest BCUT2D eigenvalue weighted by atomic mass is 10.1. The van der Waals surface area contributed by atoms with Gasteiger partial charge in [0.2, 0.25) is 0 Å². The number of imidazole rings is 1. The SMILES string of the molecule is Nc1nc(N=NNC(=O)Oc2ccccc2)nc2c1ncn2C1O[C@H](CO)[C@@H](O)[C@H]1O. The molecule has 14 nitrogen and oxygen atoms in total. The Morgan fingerprint density at radius 2 is 2.03 bits per heavy atom. The second kappa shape index (κ2) is 8.57. The van der Waals surface area contributed by atoms with Crippen molar-refractivity contribution in [1.82, 2.24) is 24.9 Å². The fraction of sp³-hybridized carbons (Fsp3) is 0.294. The molecule has 1 aromatic carbocycles. The predicted molar refractivity (Wildman–Crippen MR) is 103 cm³/mol. The Balaban J connectivity index is 1.52. The van der Waals surface area contributed by atoms with Crippen molar-refractivity contribution in [2.24, 2.45) is 10.3 Å². The molecule has 6 N–H and O–H groups in total. The van der Waals surface area contributed by atoms with E-state index in [0.717, 1.165) is 0 Å².